The van der Waals surface area contributed by atoms with Crippen LogP contribution in [0.1, 0.15) is 5.76 Å². The van der Waals surface area contributed by atoms with Crippen LogP contribution in [0.3, 0.4) is 0 Å². The lowest BCUT2D eigenvalue weighted by atomic mass is 10.3. The van der Waals surface area contributed by atoms with Crippen LogP contribution in [0.4, 0.5) is 10.1 Å². The molecule has 0 fully saturated rings. The molecule has 6 heteroatoms. The summed E-state index contributed by atoms with van der Waals surface area (Å²) in [5.41, 5.74) is 0.481. The Hall–Kier alpha value is -1.46. The number of rotatable bonds is 5. The highest BCUT2D eigenvalue weighted by Crippen LogP contribution is 2.20. The lowest BCUT2D eigenvalue weighted by Crippen LogP contribution is -2.14. The molecular formula is C13H11ClFNO2S. The molecule has 2 aromatic rings. The summed E-state index contributed by atoms with van der Waals surface area (Å²) in [7, 11) is 0. The fraction of sp³-hybridized carbons (Fsp3) is 0.154. The van der Waals surface area contributed by atoms with Crippen LogP contribution in [0.25, 0.3) is 0 Å². The van der Waals surface area contributed by atoms with E-state index >= 15 is 0 Å². The normalized spacial score (nSPS) is 10.4. The molecule has 2 rings (SSSR count). The second-order valence-corrected chi connectivity index (χ2v) is 5.14. The van der Waals surface area contributed by atoms with Crippen molar-refractivity contribution in [2.24, 2.45) is 0 Å². The van der Waals surface area contributed by atoms with Gasteiger partial charge in [-0.25, -0.2) is 4.39 Å². The quantitative estimate of drug-likeness (QED) is 0.909. The van der Waals surface area contributed by atoms with E-state index in [1.165, 1.54) is 30.0 Å². The zero-order valence-corrected chi connectivity index (χ0v) is 11.4. The molecule has 0 aliphatic carbocycles. The highest BCUT2D eigenvalue weighted by atomic mass is 35.5. The molecule has 3 nitrogen and oxygen atoms in total. The standard InChI is InChI=1S/C13H11ClFNO2S/c14-11-6-9(3-4-12(11)15)16-13(17)8-19-7-10-2-1-5-18-10/h1-6H,7-8H2,(H,16,17). The lowest BCUT2D eigenvalue weighted by Gasteiger charge is -2.05. The number of hydrogen-bond donors (Lipinski definition) is 1. The average Bonchev–Trinajstić information content (AvgIpc) is 2.87. The van der Waals surface area contributed by atoms with Crippen molar-refractivity contribution >= 4 is 35.0 Å². The Morgan fingerprint density at radius 2 is 2.26 bits per heavy atom. The van der Waals surface area contributed by atoms with Crippen molar-refractivity contribution in [2.75, 3.05) is 11.1 Å². The van der Waals surface area contributed by atoms with Crippen LogP contribution in [0.15, 0.2) is 41.0 Å². The molecular weight excluding hydrogens is 289 g/mol. The highest BCUT2D eigenvalue weighted by molar-refractivity contribution is 7.99. The molecule has 0 bridgehead atoms. The van der Waals surface area contributed by atoms with Gasteiger partial charge in [-0.15, -0.1) is 11.8 Å². The van der Waals surface area contributed by atoms with Gasteiger partial charge < -0.3 is 9.73 Å². The van der Waals surface area contributed by atoms with Crippen LogP contribution in [0.5, 0.6) is 0 Å². The Balaban J connectivity index is 1.79. The molecule has 0 unspecified atom stereocenters. The molecule has 0 aliphatic heterocycles. The number of carbonyl (C=O) groups excluding carboxylic acids is 1. The Morgan fingerprint density at radius 1 is 1.42 bits per heavy atom. The van der Waals surface area contributed by atoms with E-state index < -0.39 is 5.82 Å². The molecule has 1 aromatic carbocycles. The van der Waals surface area contributed by atoms with Gasteiger partial charge in [0.1, 0.15) is 11.6 Å². The molecule has 0 atom stereocenters. The number of amides is 1. The predicted molar refractivity (Wildman–Crippen MR) is 74.9 cm³/mol. The summed E-state index contributed by atoms with van der Waals surface area (Å²) in [4.78, 5) is 11.6. The number of hydrogen-bond acceptors (Lipinski definition) is 3. The van der Waals surface area contributed by atoms with E-state index in [0.717, 1.165) is 5.76 Å². The van der Waals surface area contributed by atoms with E-state index in [4.69, 9.17) is 16.0 Å². The molecule has 1 amide bonds. The lowest BCUT2D eigenvalue weighted by molar-refractivity contribution is -0.113. The van der Waals surface area contributed by atoms with Gasteiger partial charge in [0, 0.05) is 5.69 Å². The largest absolute Gasteiger partial charge is 0.468 e. The van der Waals surface area contributed by atoms with Crippen LogP contribution in [0.2, 0.25) is 5.02 Å². The third-order valence-electron chi connectivity index (χ3n) is 2.26. The Labute approximate surface area is 119 Å². The molecule has 0 radical (unpaired) electrons. The van der Waals surface area contributed by atoms with Crippen molar-refractivity contribution in [3.63, 3.8) is 0 Å². The molecule has 100 valence electrons. The first kappa shape index (κ1) is 14.0. The fourth-order valence-electron chi connectivity index (χ4n) is 1.41. The minimum Gasteiger partial charge on any atom is -0.468 e. The van der Waals surface area contributed by atoms with Crippen LogP contribution in [0, 0.1) is 5.82 Å². The number of anilines is 1. The van der Waals surface area contributed by atoms with Gasteiger partial charge in [0.05, 0.1) is 22.8 Å². The van der Waals surface area contributed by atoms with Crippen LogP contribution in [-0.4, -0.2) is 11.7 Å². The number of nitrogens with one attached hydrogen (secondary N) is 1. The molecule has 0 saturated carbocycles. The smallest absolute Gasteiger partial charge is 0.234 e. The summed E-state index contributed by atoms with van der Waals surface area (Å²) in [5.74, 6) is 1.06. The molecule has 0 aliphatic rings. The van der Waals surface area contributed by atoms with Gasteiger partial charge in [0.2, 0.25) is 5.91 Å². The molecule has 1 heterocycles. The first-order valence-corrected chi connectivity index (χ1v) is 7.03. The number of thioether (sulfide) groups is 1. The van der Waals surface area contributed by atoms with Gasteiger partial charge in [-0.05, 0) is 30.3 Å². The van der Waals surface area contributed by atoms with Crippen LogP contribution in [-0.2, 0) is 10.5 Å². The Bertz CT molecular complexity index is 560. The van der Waals surface area contributed by atoms with Gasteiger partial charge in [-0.2, -0.15) is 0 Å². The van der Waals surface area contributed by atoms with E-state index in [-0.39, 0.29) is 16.7 Å². The van der Waals surface area contributed by atoms with Crippen LogP contribution >= 0.6 is 23.4 Å². The Morgan fingerprint density at radius 3 is 2.95 bits per heavy atom. The zero-order valence-electron chi connectivity index (χ0n) is 9.86. The minimum absolute atomic E-state index is 0.0129. The minimum atomic E-state index is -0.508. The van der Waals surface area contributed by atoms with E-state index in [0.29, 0.717) is 11.4 Å². The number of furan rings is 1. The fourth-order valence-corrected chi connectivity index (χ4v) is 2.32. The second kappa shape index (κ2) is 6.63. The van der Waals surface area contributed by atoms with Crippen LogP contribution < -0.4 is 5.32 Å². The van der Waals surface area contributed by atoms with Gasteiger partial charge in [0.15, 0.2) is 0 Å². The van der Waals surface area contributed by atoms with Gasteiger partial charge in [0.25, 0.3) is 0 Å². The summed E-state index contributed by atoms with van der Waals surface area (Å²) in [6.45, 7) is 0. The summed E-state index contributed by atoms with van der Waals surface area (Å²) in [6.07, 6.45) is 1.59. The maximum Gasteiger partial charge on any atom is 0.234 e. The summed E-state index contributed by atoms with van der Waals surface area (Å²) < 4.78 is 18.1. The maximum absolute atomic E-state index is 12.9. The van der Waals surface area contributed by atoms with Gasteiger partial charge in [-0.3, -0.25) is 4.79 Å². The van der Waals surface area contributed by atoms with Gasteiger partial charge >= 0.3 is 0 Å². The van der Waals surface area contributed by atoms with E-state index in [9.17, 15) is 9.18 Å². The van der Waals surface area contributed by atoms with Crippen molar-refractivity contribution < 1.29 is 13.6 Å². The molecule has 0 saturated heterocycles. The topological polar surface area (TPSA) is 42.2 Å². The third-order valence-corrected chi connectivity index (χ3v) is 3.51. The maximum atomic E-state index is 12.9. The highest BCUT2D eigenvalue weighted by Gasteiger charge is 2.06. The number of halogens is 2. The predicted octanol–water partition coefficient (Wildman–Crippen LogP) is 3.94. The molecule has 1 aromatic heterocycles. The number of benzene rings is 1. The second-order valence-electron chi connectivity index (χ2n) is 3.75. The monoisotopic (exact) mass is 299 g/mol. The molecule has 1 N–H and O–H groups in total. The van der Waals surface area contributed by atoms with Crippen molar-refractivity contribution in [3.8, 4) is 0 Å². The molecule has 19 heavy (non-hydrogen) atoms. The van der Waals surface area contributed by atoms with E-state index in [1.807, 2.05) is 6.07 Å². The SMILES string of the molecule is O=C(CSCc1ccco1)Nc1ccc(F)c(Cl)c1. The Kier molecular flexibility index (Phi) is 4.87. The summed E-state index contributed by atoms with van der Waals surface area (Å²) in [5, 5.41) is 2.64. The summed E-state index contributed by atoms with van der Waals surface area (Å²) >= 11 is 7.06. The van der Waals surface area contributed by atoms with Crippen molar-refractivity contribution in [3.05, 3.63) is 53.2 Å². The third kappa shape index (κ3) is 4.29. The molecule has 0 spiro atoms. The van der Waals surface area contributed by atoms with Crippen molar-refractivity contribution in [1.29, 1.82) is 0 Å². The summed E-state index contributed by atoms with van der Waals surface area (Å²) in [6, 6.07) is 7.72. The first-order valence-electron chi connectivity index (χ1n) is 5.50. The van der Waals surface area contributed by atoms with E-state index in [2.05, 4.69) is 5.32 Å². The van der Waals surface area contributed by atoms with Crippen molar-refractivity contribution in [2.45, 2.75) is 5.75 Å². The average molecular weight is 300 g/mol. The first-order chi connectivity index (χ1) is 9.15. The zero-order chi connectivity index (χ0) is 13.7. The van der Waals surface area contributed by atoms with Gasteiger partial charge in [-0.1, -0.05) is 11.6 Å². The van der Waals surface area contributed by atoms with E-state index in [1.54, 1.807) is 12.3 Å². The number of carbonyl (C=O) groups is 1. The van der Waals surface area contributed by atoms with Crippen molar-refractivity contribution in [1.82, 2.24) is 0 Å².